The minimum Gasteiger partial charge on any atom is -0.379 e. The molecule has 1 fully saturated rings. The van der Waals surface area contributed by atoms with Crippen LogP contribution in [0.25, 0.3) is 11.0 Å². The Morgan fingerprint density at radius 2 is 1.91 bits per heavy atom. The molecule has 0 radical (unpaired) electrons. The molecular weight excluding hydrogens is 475 g/mol. The summed E-state index contributed by atoms with van der Waals surface area (Å²) in [6, 6.07) is 9.77. The molecule has 3 aromatic rings. The predicted octanol–water partition coefficient (Wildman–Crippen LogP) is 3.47. The normalized spacial score (nSPS) is 15.2. The van der Waals surface area contributed by atoms with E-state index in [0.717, 1.165) is 5.52 Å². The molecule has 170 valence electrons. The number of imidazole rings is 1. The van der Waals surface area contributed by atoms with Crippen molar-refractivity contribution in [2.24, 2.45) is 7.05 Å². The molecule has 4 rings (SSSR count). The largest absolute Gasteiger partial charge is 0.379 e. The van der Waals surface area contributed by atoms with E-state index in [2.05, 4.69) is 10.3 Å². The number of aryl methyl sites for hydroxylation is 2. The van der Waals surface area contributed by atoms with Crippen molar-refractivity contribution in [3.05, 3.63) is 52.3 Å². The molecular formula is C21H22Cl2N4O4S. The SMILES string of the molecule is Cn1c(CCC(=O)Nc2ccc(Cl)cc2Cl)nc2cc(S(=O)(=O)N3CCOCC3)ccc21. The first-order valence-electron chi connectivity index (χ1n) is 10.0. The van der Waals surface area contributed by atoms with E-state index >= 15 is 0 Å². The lowest BCUT2D eigenvalue weighted by molar-refractivity contribution is -0.116. The van der Waals surface area contributed by atoms with E-state index in [9.17, 15) is 13.2 Å². The fourth-order valence-electron chi connectivity index (χ4n) is 3.58. The topological polar surface area (TPSA) is 93.5 Å². The third kappa shape index (κ3) is 4.77. The van der Waals surface area contributed by atoms with Gasteiger partial charge < -0.3 is 14.6 Å². The van der Waals surface area contributed by atoms with Crippen molar-refractivity contribution in [3.63, 3.8) is 0 Å². The van der Waals surface area contributed by atoms with Crippen LogP contribution in [0, 0.1) is 0 Å². The predicted molar refractivity (Wildman–Crippen MR) is 124 cm³/mol. The molecule has 0 atom stereocenters. The molecule has 11 heteroatoms. The van der Waals surface area contributed by atoms with Crippen LogP contribution in [0.5, 0.6) is 0 Å². The summed E-state index contributed by atoms with van der Waals surface area (Å²) in [5, 5.41) is 3.62. The Balaban J connectivity index is 1.49. The molecule has 2 aromatic carbocycles. The van der Waals surface area contributed by atoms with Gasteiger partial charge in [-0.1, -0.05) is 23.2 Å². The standard InChI is InChI=1S/C21H22Cl2N4O4S/c1-26-19-5-3-15(32(29,30)27-8-10-31-11-9-27)13-18(19)24-20(26)6-7-21(28)25-17-4-2-14(22)12-16(17)23/h2-5,12-13H,6-11H2,1H3,(H,25,28). The van der Waals surface area contributed by atoms with Crippen molar-refractivity contribution in [3.8, 4) is 0 Å². The lowest BCUT2D eigenvalue weighted by Gasteiger charge is -2.26. The van der Waals surface area contributed by atoms with Crippen LogP contribution in [0.15, 0.2) is 41.3 Å². The van der Waals surface area contributed by atoms with Gasteiger partial charge in [0.25, 0.3) is 0 Å². The van der Waals surface area contributed by atoms with E-state index in [0.29, 0.717) is 59.8 Å². The molecule has 1 aliphatic rings. The van der Waals surface area contributed by atoms with Gasteiger partial charge >= 0.3 is 0 Å². The van der Waals surface area contributed by atoms with Crippen molar-refractivity contribution in [1.29, 1.82) is 0 Å². The molecule has 8 nitrogen and oxygen atoms in total. The molecule has 2 heterocycles. The van der Waals surface area contributed by atoms with Crippen LogP contribution in [-0.2, 0) is 33.0 Å². The number of halogens is 2. The van der Waals surface area contributed by atoms with Gasteiger partial charge in [-0.05, 0) is 36.4 Å². The minimum absolute atomic E-state index is 0.190. The minimum atomic E-state index is -3.61. The summed E-state index contributed by atoms with van der Waals surface area (Å²) in [5.41, 5.74) is 1.85. The molecule has 0 unspecified atom stereocenters. The Hall–Kier alpha value is -2.17. The second kappa shape index (κ2) is 9.36. The maximum Gasteiger partial charge on any atom is 0.243 e. The molecule has 0 aliphatic carbocycles. The second-order valence-corrected chi connectivity index (χ2v) is 10.2. The van der Waals surface area contributed by atoms with Crippen LogP contribution in [0.4, 0.5) is 5.69 Å². The molecule has 1 aromatic heterocycles. The van der Waals surface area contributed by atoms with Gasteiger partial charge in [-0.25, -0.2) is 13.4 Å². The summed E-state index contributed by atoms with van der Waals surface area (Å²) in [4.78, 5) is 17.1. The summed E-state index contributed by atoms with van der Waals surface area (Å²) >= 11 is 12.0. The number of ether oxygens (including phenoxy) is 1. The third-order valence-electron chi connectivity index (χ3n) is 5.33. The van der Waals surface area contributed by atoms with E-state index < -0.39 is 10.0 Å². The zero-order chi connectivity index (χ0) is 22.9. The zero-order valence-corrected chi connectivity index (χ0v) is 19.7. The lowest BCUT2D eigenvalue weighted by atomic mass is 10.2. The highest BCUT2D eigenvalue weighted by molar-refractivity contribution is 7.89. The van der Waals surface area contributed by atoms with Crippen molar-refractivity contribution >= 4 is 55.9 Å². The first kappa shape index (κ1) is 23.0. The molecule has 0 saturated carbocycles. The average Bonchev–Trinajstić information content (AvgIpc) is 3.10. The first-order valence-corrected chi connectivity index (χ1v) is 12.2. The Kier molecular flexibility index (Phi) is 6.73. The second-order valence-electron chi connectivity index (χ2n) is 7.43. The average molecular weight is 497 g/mol. The van der Waals surface area contributed by atoms with Gasteiger partial charge in [-0.15, -0.1) is 0 Å². The number of amides is 1. The maximum absolute atomic E-state index is 12.9. The number of rotatable bonds is 6. The number of hydrogen-bond donors (Lipinski definition) is 1. The van der Waals surface area contributed by atoms with E-state index in [-0.39, 0.29) is 17.2 Å². The van der Waals surface area contributed by atoms with Gasteiger partial charge in [0.05, 0.1) is 39.9 Å². The van der Waals surface area contributed by atoms with Gasteiger partial charge in [0, 0.05) is 38.0 Å². The van der Waals surface area contributed by atoms with Crippen molar-refractivity contribution in [1.82, 2.24) is 13.9 Å². The fourth-order valence-corrected chi connectivity index (χ4v) is 5.46. The number of anilines is 1. The molecule has 0 bridgehead atoms. The van der Waals surface area contributed by atoms with Crippen LogP contribution in [0.1, 0.15) is 12.2 Å². The van der Waals surface area contributed by atoms with Crippen molar-refractivity contribution in [2.75, 3.05) is 31.6 Å². The van der Waals surface area contributed by atoms with Gasteiger partial charge in [0.1, 0.15) is 5.82 Å². The van der Waals surface area contributed by atoms with Crippen molar-refractivity contribution < 1.29 is 17.9 Å². The highest BCUT2D eigenvalue weighted by Gasteiger charge is 2.27. The summed E-state index contributed by atoms with van der Waals surface area (Å²) in [6.07, 6.45) is 0.572. The number of nitrogens with one attached hydrogen (secondary N) is 1. The van der Waals surface area contributed by atoms with Gasteiger partial charge in [0.2, 0.25) is 15.9 Å². The zero-order valence-electron chi connectivity index (χ0n) is 17.3. The quantitative estimate of drug-likeness (QED) is 0.563. The molecule has 1 N–H and O–H groups in total. The Morgan fingerprint density at radius 3 is 2.62 bits per heavy atom. The van der Waals surface area contributed by atoms with Gasteiger partial charge in [-0.3, -0.25) is 4.79 Å². The molecule has 32 heavy (non-hydrogen) atoms. The highest BCUT2D eigenvalue weighted by atomic mass is 35.5. The highest BCUT2D eigenvalue weighted by Crippen LogP contribution is 2.26. The number of benzene rings is 2. The molecule has 1 aliphatic heterocycles. The summed E-state index contributed by atoms with van der Waals surface area (Å²) < 4.78 is 34.4. The smallest absolute Gasteiger partial charge is 0.243 e. The maximum atomic E-state index is 12.9. The first-order chi connectivity index (χ1) is 15.3. The number of aromatic nitrogens is 2. The molecule has 1 saturated heterocycles. The monoisotopic (exact) mass is 496 g/mol. The Morgan fingerprint density at radius 1 is 1.16 bits per heavy atom. The van der Waals surface area contributed by atoms with Crippen LogP contribution < -0.4 is 5.32 Å². The Bertz CT molecular complexity index is 1270. The van der Waals surface area contributed by atoms with Crippen molar-refractivity contribution in [2.45, 2.75) is 17.7 Å². The number of carbonyl (C=O) groups excluding carboxylic acids is 1. The number of morpholine rings is 1. The van der Waals surface area contributed by atoms with Crippen LogP contribution >= 0.6 is 23.2 Å². The van der Waals surface area contributed by atoms with E-state index in [4.69, 9.17) is 27.9 Å². The summed E-state index contributed by atoms with van der Waals surface area (Å²) in [7, 11) is -1.76. The summed E-state index contributed by atoms with van der Waals surface area (Å²) in [6.45, 7) is 1.44. The number of carbonyl (C=O) groups is 1. The number of sulfonamides is 1. The number of fused-ring (bicyclic) bond motifs is 1. The molecule has 1 amide bonds. The van der Waals surface area contributed by atoms with Crippen LogP contribution in [-0.4, -0.2) is 54.5 Å². The number of nitrogens with zero attached hydrogens (tertiary/aromatic N) is 3. The van der Waals surface area contributed by atoms with E-state index in [1.165, 1.54) is 4.31 Å². The van der Waals surface area contributed by atoms with E-state index in [1.807, 2.05) is 11.6 Å². The van der Waals surface area contributed by atoms with E-state index in [1.54, 1.807) is 36.4 Å². The Labute approximate surface area is 196 Å². The van der Waals surface area contributed by atoms with Gasteiger partial charge in [-0.2, -0.15) is 4.31 Å². The van der Waals surface area contributed by atoms with Crippen LogP contribution in [0.2, 0.25) is 10.0 Å². The van der Waals surface area contributed by atoms with Gasteiger partial charge in [0.15, 0.2) is 0 Å². The number of hydrogen-bond acceptors (Lipinski definition) is 5. The van der Waals surface area contributed by atoms with Crippen LogP contribution in [0.3, 0.4) is 0 Å². The fraction of sp³-hybridized carbons (Fsp3) is 0.333. The molecule has 0 spiro atoms. The lowest BCUT2D eigenvalue weighted by Crippen LogP contribution is -2.40. The third-order valence-corrected chi connectivity index (χ3v) is 7.78. The summed E-state index contributed by atoms with van der Waals surface area (Å²) in [5.74, 6) is 0.468.